The first kappa shape index (κ1) is 15.8. The summed E-state index contributed by atoms with van der Waals surface area (Å²) in [5, 5.41) is 4.18. The molecule has 0 spiro atoms. The quantitative estimate of drug-likeness (QED) is 0.764. The number of nitrogens with one attached hydrogen (secondary N) is 2. The maximum Gasteiger partial charge on any atom is 0.229 e. The smallest absolute Gasteiger partial charge is 0.229 e. The van der Waals surface area contributed by atoms with Gasteiger partial charge in [0.25, 0.3) is 0 Å². The van der Waals surface area contributed by atoms with Crippen molar-refractivity contribution in [3.05, 3.63) is 47.4 Å². The van der Waals surface area contributed by atoms with Crippen molar-refractivity contribution in [2.75, 3.05) is 36.5 Å². The molecule has 0 aliphatic carbocycles. The van der Waals surface area contributed by atoms with E-state index >= 15 is 0 Å². The molecule has 0 saturated carbocycles. The molecule has 0 atom stereocenters. The lowest BCUT2D eigenvalue weighted by Crippen LogP contribution is -2.37. The first-order chi connectivity index (χ1) is 12.2. The highest BCUT2D eigenvalue weighted by molar-refractivity contribution is 5.89. The second kappa shape index (κ2) is 6.68. The summed E-state index contributed by atoms with van der Waals surface area (Å²) in [4.78, 5) is 14.7. The average molecular weight is 341 g/mol. The normalized spacial score (nSPS) is 14.9. The minimum atomic E-state index is -0.223. The van der Waals surface area contributed by atoms with E-state index in [0.29, 0.717) is 37.1 Å². The van der Waals surface area contributed by atoms with Crippen LogP contribution in [-0.2, 0) is 11.3 Å². The van der Waals surface area contributed by atoms with Crippen molar-refractivity contribution < 1.29 is 9.13 Å². The average Bonchev–Trinajstić information content (AvgIpc) is 3.02. The van der Waals surface area contributed by atoms with Crippen molar-refractivity contribution in [3.8, 4) is 0 Å². The van der Waals surface area contributed by atoms with E-state index in [-0.39, 0.29) is 5.82 Å². The maximum atomic E-state index is 13.9. The Balaban J connectivity index is 1.67. The zero-order valence-corrected chi connectivity index (χ0v) is 14.1. The number of H-pyrrole nitrogens is 1. The third kappa shape index (κ3) is 3.28. The molecule has 1 aliphatic heterocycles. The molecule has 1 aliphatic rings. The third-order valence-electron chi connectivity index (χ3n) is 4.31. The molecule has 25 heavy (non-hydrogen) atoms. The van der Waals surface area contributed by atoms with Gasteiger partial charge < -0.3 is 19.9 Å². The molecule has 2 N–H and O–H groups in total. The van der Waals surface area contributed by atoms with E-state index in [0.717, 1.165) is 29.8 Å². The van der Waals surface area contributed by atoms with Crippen molar-refractivity contribution in [1.82, 2.24) is 15.0 Å². The Hall–Kier alpha value is -2.67. The molecule has 7 heteroatoms. The number of morpholine rings is 1. The Bertz CT molecular complexity index is 888. The number of anilines is 2. The number of aryl methyl sites for hydroxylation is 1. The van der Waals surface area contributed by atoms with Crippen LogP contribution in [0.5, 0.6) is 0 Å². The molecule has 130 valence electrons. The molecule has 1 saturated heterocycles. The first-order valence-electron chi connectivity index (χ1n) is 8.38. The lowest BCUT2D eigenvalue weighted by molar-refractivity contribution is 0.122. The topological polar surface area (TPSA) is 66.1 Å². The van der Waals surface area contributed by atoms with Gasteiger partial charge in [0.2, 0.25) is 5.95 Å². The number of aromatic amines is 1. The fourth-order valence-electron chi connectivity index (χ4n) is 2.99. The highest BCUT2D eigenvalue weighted by Gasteiger charge is 2.17. The Morgan fingerprint density at radius 1 is 1.24 bits per heavy atom. The van der Waals surface area contributed by atoms with Gasteiger partial charge in [-0.25, -0.2) is 4.39 Å². The summed E-state index contributed by atoms with van der Waals surface area (Å²) in [6.45, 7) is 5.21. The van der Waals surface area contributed by atoms with Gasteiger partial charge >= 0.3 is 0 Å². The van der Waals surface area contributed by atoms with Crippen LogP contribution < -0.4 is 10.2 Å². The predicted octanol–water partition coefficient (Wildman–Crippen LogP) is 2.85. The molecule has 0 radical (unpaired) electrons. The van der Waals surface area contributed by atoms with Crippen molar-refractivity contribution >= 4 is 22.8 Å². The van der Waals surface area contributed by atoms with Crippen LogP contribution in [0.15, 0.2) is 30.3 Å². The molecule has 1 aromatic carbocycles. The number of hydrogen-bond donors (Lipinski definition) is 2. The van der Waals surface area contributed by atoms with Crippen molar-refractivity contribution in [1.29, 1.82) is 0 Å². The van der Waals surface area contributed by atoms with Gasteiger partial charge in [-0.05, 0) is 19.1 Å². The van der Waals surface area contributed by atoms with Gasteiger partial charge in [-0.3, -0.25) is 0 Å². The Morgan fingerprint density at radius 2 is 2.04 bits per heavy atom. The number of nitrogens with zero attached hydrogens (tertiary/aromatic N) is 3. The van der Waals surface area contributed by atoms with Gasteiger partial charge in [-0.2, -0.15) is 9.97 Å². The number of aromatic nitrogens is 3. The highest BCUT2D eigenvalue weighted by Crippen LogP contribution is 2.25. The van der Waals surface area contributed by atoms with Gasteiger partial charge in [0.05, 0.1) is 18.6 Å². The summed E-state index contributed by atoms with van der Waals surface area (Å²) in [5.74, 6) is 1.15. The van der Waals surface area contributed by atoms with E-state index in [4.69, 9.17) is 4.74 Å². The number of benzene rings is 1. The van der Waals surface area contributed by atoms with Crippen molar-refractivity contribution in [2.24, 2.45) is 0 Å². The summed E-state index contributed by atoms with van der Waals surface area (Å²) in [6, 6.07) is 8.75. The fraction of sp³-hybridized carbons (Fsp3) is 0.333. The SMILES string of the molecule is Cc1cc2c(NCc3ccccc3F)nc(N3CCOCC3)nc2[nH]1. The number of halogens is 1. The lowest BCUT2D eigenvalue weighted by Gasteiger charge is -2.27. The lowest BCUT2D eigenvalue weighted by atomic mass is 10.2. The number of hydrogen-bond acceptors (Lipinski definition) is 5. The second-order valence-corrected chi connectivity index (χ2v) is 6.13. The van der Waals surface area contributed by atoms with Crippen LogP contribution >= 0.6 is 0 Å². The first-order valence-corrected chi connectivity index (χ1v) is 8.38. The minimum Gasteiger partial charge on any atom is -0.378 e. The van der Waals surface area contributed by atoms with E-state index in [9.17, 15) is 4.39 Å². The zero-order chi connectivity index (χ0) is 17.2. The van der Waals surface area contributed by atoms with Crippen molar-refractivity contribution in [3.63, 3.8) is 0 Å². The van der Waals surface area contributed by atoms with E-state index < -0.39 is 0 Å². The van der Waals surface area contributed by atoms with Crippen LogP contribution in [-0.4, -0.2) is 41.3 Å². The molecule has 1 fully saturated rings. The molecule has 2 aromatic heterocycles. The van der Waals surface area contributed by atoms with Gasteiger partial charge in [0.1, 0.15) is 17.3 Å². The van der Waals surface area contributed by atoms with Gasteiger partial charge in [-0.1, -0.05) is 18.2 Å². The van der Waals surface area contributed by atoms with Crippen LogP contribution in [0, 0.1) is 12.7 Å². The standard InChI is InChI=1S/C18H20FN5O/c1-12-10-14-16(20-11-13-4-2-3-5-15(13)19)22-18(23-17(14)21-12)24-6-8-25-9-7-24/h2-5,10H,6-9,11H2,1H3,(H2,20,21,22,23). The van der Waals surface area contributed by atoms with E-state index in [1.165, 1.54) is 6.07 Å². The molecule has 3 heterocycles. The summed E-state index contributed by atoms with van der Waals surface area (Å²) >= 11 is 0. The number of rotatable bonds is 4. The molecule has 0 amide bonds. The fourth-order valence-corrected chi connectivity index (χ4v) is 2.99. The van der Waals surface area contributed by atoms with E-state index in [2.05, 4.69) is 25.2 Å². The van der Waals surface area contributed by atoms with Crippen LogP contribution in [0.3, 0.4) is 0 Å². The van der Waals surface area contributed by atoms with Gasteiger partial charge in [0.15, 0.2) is 0 Å². The highest BCUT2D eigenvalue weighted by atomic mass is 19.1. The van der Waals surface area contributed by atoms with Crippen LogP contribution in [0.2, 0.25) is 0 Å². The largest absolute Gasteiger partial charge is 0.378 e. The molecule has 0 unspecified atom stereocenters. The Morgan fingerprint density at radius 3 is 2.84 bits per heavy atom. The third-order valence-corrected chi connectivity index (χ3v) is 4.31. The van der Waals surface area contributed by atoms with E-state index in [1.54, 1.807) is 12.1 Å². The van der Waals surface area contributed by atoms with Crippen LogP contribution in [0.1, 0.15) is 11.3 Å². The van der Waals surface area contributed by atoms with Crippen LogP contribution in [0.4, 0.5) is 16.2 Å². The number of ether oxygens (including phenoxy) is 1. The van der Waals surface area contributed by atoms with Gasteiger partial charge in [0, 0.05) is 30.9 Å². The maximum absolute atomic E-state index is 13.9. The second-order valence-electron chi connectivity index (χ2n) is 6.13. The predicted molar refractivity (Wildman–Crippen MR) is 95.4 cm³/mol. The summed E-state index contributed by atoms with van der Waals surface area (Å²) < 4.78 is 19.3. The molecule has 0 bridgehead atoms. The Kier molecular flexibility index (Phi) is 4.23. The summed E-state index contributed by atoms with van der Waals surface area (Å²) in [6.07, 6.45) is 0. The summed E-state index contributed by atoms with van der Waals surface area (Å²) in [5.41, 5.74) is 2.40. The zero-order valence-electron chi connectivity index (χ0n) is 14.1. The van der Waals surface area contributed by atoms with E-state index in [1.807, 2.05) is 19.1 Å². The van der Waals surface area contributed by atoms with Gasteiger partial charge in [-0.15, -0.1) is 0 Å². The monoisotopic (exact) mass is 341 g/mol. The van der Waals surface area contributed by atoms with Crippen molar-refractivity contribution in [2.45, 2.75) is 13.5 Å². The molecule has 6 nitrogen and oxygen atoms in total. The van der Waals surface area contributed by atoms with Crippen LogP contribution in [0.25, 0.3) is 11.0 Å². The molecular weight excluding hydrogens is 321 g/mol. The number of fused-ring (bicyclic) bond motifs is 1. The molecule has 3 aromatic rings. The summed E-state index contributed by atoms with van der Waals surface area (Å²) in [7, 11) is 0. The molecule has 4 rings (SSSR count). The molecular formula is C18H20FN5O. The Labute approximate surface area is 145 Å². The minimum absolute atomic E-state index is 0.223.